The number of aromatic amines is 1. The van der Waals surface area contributed by atoms with E-state index in [-0.39, 0.29) is 0 Å². The van der Waals surface area contributed by atoms with E-state index in [2.05, 4.69) is 17.1 Å². The lowest BCUT2D eigenvalue weighted by molar-refractivity contribution is 0.420. The van der Waals surface area contributed by atoms with Gasteiger partial charge in [-0.1, -0.05) is 44.6 Å². The minimum Gasteiger partial charge on any atom is -0.337 e. The summed E-state index contributed by atoms with van der Waals surface area (Å²) in [4.78, 5) is 3.54. The van der Waals surface area contributed by atoms with Crippen molar-refractivity contribution in [1.82, 2.24) is 4.98 Å². The lowest BCUT2D eigenvalue weighted by Crippen LogP contribution is -2.13. The first-order valence-electron chi connectivity index (χ1n) is 8.98. The van der Waals surface area contributed by atoms with Crippen LogP contribution in [-0.2, 0) is 0 Å². The Morgan fingerprint density at radius 3 is 2.18 bits per heavy atom. The molecule has 0 atom stereocenters. The van der Waals surface area contributed by atoms with E-state index < -0.39 is 0 Å². The molecular formula is C19H25NS2. The first-order valence-corrected chi connectivity index (χ1v) is 10.2. The molecule has 0 saturated heterocycles. The van der Waals surface area contributed by atoms with Crippen molar-refractivity contribution in [3.63, 3.8) is 0 Å². The van der Waals surface area contributed by atoms with Gasteiger partial charge in [0, 0.05) is 0 Å². The Morgan fingerprint density at radius 1 is 0.864 bits per heavy atom. The molecule has 0 bridgehead atoms. The second-order valence-corrected chi connectivity index (χ2v) is 8.84. The Kier molecular flexibility index (Phi) is 4.36. The van der Waals surface area contributed by atoms with E-state index >= 15 is 0 Å². The highest BCUT2D eigenvalue weighted by Crippen LogP contribution is 2.44. The number of aromatic nitrogens is 1. The van der Waals surface area contributed by atoms with Crippen molar-refractivity contribution in [1.29, 1.82) is 0 Å². The Morgan fingerprint density at radius 2 is 1.50 bits per heavy atom. The van der Waals surface area contributed by atoms with Crippen molar-refractivity contribution in [2.75, 3.05) is 0 Å². The standard InChI is InChI=1S/C19H25NS2/c21-19-20-18-16(22-19)12-11-15(13-7-3-1-4-8-13)17(18)14-9-5-2-6-10-14/h11-14H,1-10H2,(H,20,21). The number of benzene rings is 1. The summed E-state index contributed by atoms with van der Waals surface area (Å²) in [5, 5.41) is 0. The zero-order chi connectivity index (χ0) is 14.9. The van der Waals surface area contributed by atoms with Gasteiger partial charge in [-0.15, -0.1) is 11.3 Å². The predicted molar refractivity (Wildman–Crippen MR) is 98.7 cm³/mol. The van der Waals surface area contributed by atoms with Gasteiger partial charge in [0.15, 0.2) is 3.95 Å². The molecule has 1 heterocycles. The number of H-pyrrole nitrogens is 1. The van der Waals surface area contributed by atoms with Crippen molar-refractivity contribution in [3.8, 4) is 0 Å². The quantitative estimate of drug-likeness (QED) is 0.583. The Hall–Kier alpha value is -0.670. The largest absolute Gasteiger partial charge is 0.337 e. The Labute approximate surface area is 142 Å². The van der Waals surface area contributed by atoms with Crippen LogP contribution in [0.2, 0.25) is 0 Å². The molecule has 0 spiro atoms. The summed E-state index contributed by atoms with van der Waals surface area (Å²) in [6.45, 7) is 0. The van der Waals surface area contributed by atoms with E-state index in [0.717, 1.165) is 15.8 Å². The third-order valence-electron chi connectivity index (χ3n) is 5.73. The molecule has 2 saturated carbocycles. The molecule has 22 heavy (non-hydrogen) atoms. The maximum absolute atomic E-state index is 5.44. The van der Waals surface area contributed by atoms with Crippen LogP contribution in [0.3, 0.4) is 0 Å². The van der Waals surface area contributed by atoms with Crippen LogP contribution < -0.4 is 0 Å². The maximum atomic E-state index is 5.44. The van der Waals surface area contributed by atoms with Gasteiger partial charge < -0.3 is 4.98 Å². The molecule has 0 amide bonds. The van der Waals surface area contributed by atoms with Crippen LogP contribution in [0.1, 0.15) is 87.2 Å². The predicted octanol–water partition coefficient (Wildman–Crippen LogP) is 7.05. The van der Waals surface area contributed by atoms with E-state index in [1.807, 2.05) is 0 Å². The minimum absolute atomic E-state index is 0.759. The monoisotopic (exact) mass is 331 g/mol. The van der Waals surface area contributed by atoms with Crippen molar-refractivity contribution in [2.24, 2.45) is 0 Å². The van der Waals surface area contributed by atoms with Gasteiger partial charge >= 0.3 is 0 Å². The number of fused-ring (bicyclic) bond motifs is 1. The molecule has 1 N–H and O–H groups in total. The first kappa shape index (κ1) is 14.9. The summed E-state index contributed by atoms with van der Waals surface area (Å²) < 4.78 is 2.30. The molecule has 0 unspecified atom stereocenters. The van der Waals surface area contributed by atoms with Crippen molar-refractivity contribution in [3.05, 3.63) is 27.2 Å². The van der Waals surface area contributed by atoms with Crippen molar-refractivity contribution in [2.45, 2.75) is 76.0 Å². The molecule has 4 rings (SSSR count). The SMILES string of the molecule is S=c1[nH]c2c(C3CCCCC3)c(C3CCCCC3)ccc2s1. The smallest absolute Gasteiger partial charge is 0.159 e. The molecule has 2 aromatic rings. The van der Waals surface area contributed by atoms with Crippen molar-refractivity contribution < 1.29 is 0 Å². The summed E-state index contributed by atoms with van der Waals surface area (Å²) in [7, 11) is 0. The van der Waals surface area contributed by atoms with Crippen LogP contribution in [0.15, 0.2) is 12.1 Å². The van der Waals surface area contributed by atoms with Crippen LogP contribution in [0, 0.1) is 3.95 Å². The van der Waals surface area contributed by atoms with Crippen LogP contribution in [0.4, 0.5) is 0 Å². The molecule has 0 aliphatic heterocycles. The lowest BCUT2D eigenvalue weighted by Gasteiger charge is -2.30. The van der Waals surface area contributed by atoms with Crippen LogP contribution >= 0.6 is 23.6 Å². The molecular weight excluding hydrogens is 306 g/mol. The number of rotatable bonds is 2. The van der Waals surface area contributed by atoms with Crippen LogP contribution in [0.25, 0.3) is 10.2 Å². The van der Waals surface area contributed by atoms with Crippen LogP contribution in [0.5, 0.6) is 0 Å². The summed E-state index contributed by atoms with van der Waals surface area (Å²) >= 11 is 7.18. The number of nitrogens with one attached hydrogen (secondary N) is 1. The molecule has 1 nitrogen and oxygen atoms in total. The zero-order valence-electron chi connectivity index (χ0n) is 13.2. The third kappa shape index (κ3) is 2.78. The molecule has 1 aromatic carbocycles. The fourth-order valence-corrected chi connectivity index (χ4v) is 5.78. The average molecular weight is 332 g/mol. The van der Waals surface area contributed by atoms with Gasteiger partial charge in [-0.2, -0.15) is 0 Å². The summed E-state index contributed by atoms with van der Waals surface area (Å²) in [6, 6.07) is 4.77. The van der Waals surface area contributed by atoms with E-state index in [1.54, 1.807) is 22.5 Å². The molecule has 2 fully saturated rings. The fourth-order valence-electron chi connectivity index (χ4n) is 4.66. The third-order valence-corrected chi connectivity index (χ3v) is 6.93. The highest BCUT2D eigenvalue weighted by molar-refractivity contribution is 7.73. The fraction of sp³-hybridized carbons (Fsp3) is 0.632. The lowest BCUT2D eigenvalue weighted by atomic mass is 9.75. The summed E-state index contributed by atoms with van der Waals surface area (Å²) in [5.41, 5.74) is 4.68. The summed E-state index contributed by atoms with van der Waals surface area (Å²) in [6.07, 6.45) is 14.0. The van der Waals surface area contributed by atoms with Gasteiger partial charge in [-0.3, -0.25) is 0 Å². The van der Waals surface area contributed by atoms with E-state index in [1.165, 1.54) is 74.4 Å². The average Bonchev–Trinajstić information content (AvgIpc) is 2.95. The summed E-state index contributed by atoms with van der Waals surface area (Å²) in [5.74, 6) is 1.55. The second kappa shape index (κ2) is 6.45. The Balaban J connectivity index is 1.84. The molecule has 2 aliphatic carbocycles. The highest BCUT2D eigenvalue weighted by atomic mass is 32.1. The van der Waals surface area contributed by atoms with Gasteiger partial charge in [-0.05, 0) is 66.9 Å². The van der Waals surface area contributed by atoms with E-state index in [9.17, 15) is 0 Å². The molecule has 118 valence electrons. The molecule has 1 aromatic heterocycles. The van der Waals surface area contributed by atoms with E-state index in [0.29, 0.717) is 0 Å². The van der Waals surface area contributed by atoms with Gasteiger partial charge in [0.25, 0.3) is 0 Å². The number of hydrogen-bond acceptors (Lipinski definition) is 2. The first-order chi connectivity index (χ1) is 10.8. The molecule has 3 heteroatoms. The van der Waals surface area contributed by atoms with Gasteiger partial charge in [0.05, 0.1) is 10.2 Å². The topological polar surface area (TPSA) is 15.8 Å². The van der Waals surface area contributed by atoms with Crippen molar-refractivity contribution >= 4 is 33.8 Å². The zero-order valence-corrected chi connectivity index (χ0v) is 14.8. The van der Waals surface area contributed by atoms with Gasteiger partial charge in [0.2, 0.25) is 0 Å². The molecule has 0 radical (unpaired) electrons. The second-order valence-electron chi connectivity index (χ2n) is 7.13. The van der Waals surface area contributed by atoms with Crippen LogP contribution in [-0.4, -0.2) is 4.98 Å². The van der Waals surface area contributed by atoms with E-state index in [4.69, 9.17) is 12.2 Å². The number of hydrogen-bond donors (Lipinski definition) is 1. The number of thiazole rings is 1. The highest BCUT2D eigenvalue weighted by Gasteiger charge is 2.26. The van der Waals surface area contributed by atoms with Gasteiger partial charge in [0.1, 0.15) is 0 Å². The molecule has 2 aliphatic rings. The Bertz CT molecular complexity index is 700. The minimum atomic E-state index is 0.759. The van der Waals surface area contributed by atoms with Gasteiger partial charge in [-0.25, -0.2) is 0 Å². The normalized spacial score (nSPS) is 21.5. The maximum Gasteiger partial charge on any atom is 0.159 e.